The highest BCUT2D eigenvalue weighted by Gasteiger charge is 2.27. The van der Waals surface area contributed by atoms with Gasteiger partial charge in [0.05, 0.1) is 6.26 Å². The van der Waals surface area contributed by atoms with Gasteiger partial charge in [-0.15, -0.1) is 5.10 Å². The van der Waals surface area contributed by atoms with Crippen LogP contribution < -0.4 is 10.0 Å². The molecule has 27 heavy (non-hydrogen) atoms. The molecule has 2 aromatic carbocycles. The highest BCUT2D eigenvalue weighted by atomic mass is 35.5. The Morgan fingerprint density at radius 3 is 2.52 bits per heavy atom. The van der Waals surface area contributed by atoms with Crippen molar-refractivity contribution in [1.82, 2.24) is 14.8 Å². The first-order valence-corrected chi connectivity index (χ1v) is 10.4. The molecule has 2 heterocycles. The molecule has 0 aliphatic carbocycles. The number of benzene rings is 2. The summed E-state index contributed by atoms with van der Waals surface area (Å²) >= 11 is 6.41. The van der Waals surface area contributed by atoms with Gasteiger partial charge in [-0.3, -0.25) is 4.72 Å². The Morgan fingerprint density at radius 1 is 1.11 bits per heavy atom. The second kappa shape index (κ2) is 6.71. The molecule has 0 spiro atoms. The normalized spacial score (nSPS) is 16.2. The third kappa shape index (κ3) is 3.67. The van der Waals surface area contributed by atoms with Crippen molar-refractivity contribution in [3.8, 4) is 0 Å². The zero-order valence-electron chi connectivity index (χ0n) is 14.3. The molecular formula is C18H16ClN5O2S. The molecule has 4 rings (SSSR count). The summed E-state index contributed by atoms with van der Waals surface area (Å²) in [5, 5.41) is 8.11. The number of sulfonamides is 1. The van der Waals surface area contributed by atoms with Gasteiger partial charge in [0.25, 0.3) is 5.95 Å². The minimum atomic E-state index is -3.49. The Balaban J connectivity index is 1.84. The average Bonchev–Trinajstić information content (AvgIpc) is 3.02. The lowest BCUT2D eigenvalue weighted by molar-refractivity contribution is 0.603. The first-order chi connectivity index (χ1) is 12.9. The number of fused-ring (bicyclic) bond motifs is 1. The molecule has 1 aliphatic rings. The first kappa shape index (κ1) is 17.6. The third-order valence-electron chi connectivity index (χ3n) is 4.05. The number of halogens is 1. The Kier molecular flexibility index (Phi) is 4.37. The van der Waals surface area contributed by atoms with Crippen LogP contribution in [0, 0.1) is 0 Å². The fourth-order valence-electron chi connectivity index (χ4n) is 2.92. The van der Waals surface area contributed by atoms with Gasteiger partial charge in [-0.1, -0.05) is 60.1 Å². The number of nitrogens with zero attached hydrogens (tertiary/aromatic N) is 3. The minimum Gasteiger partial charge on any atom is -0.324 e. The zero-order chi connectivity index (χ0) is 19.0. The van der Waals surface area contributed by atoms with Crippen molar-refractivity contribution in [2.24, 2.45) is 0 Å². The van der Waals surface area contributed by atoms with E-state index in [-0.39, 0.29) is 12.0 Å². The Morgan fingerprint density at radius 2 is 1.81 bits per heavy atom. The molecule has 0 amide bonds. The molecule has 0 unspecified atom stereocenters. The van der Waals surface area contributed by atoms with Crippen LogP contribution in [0.4, 0.5) is 11.9 Å². The van der Waals surface area contributed by atoms with E-state index in [4.69, 9.17) is 11.6 Å². The summed E-state index contributed by atoms with van der Waals surface area (Å²) in [6.07, 6.45) is 3.04. The predicted octanol–water partition coefficient (Wildman–Crippen LogP) is 3.36. The molecular weight excluding hydrogens is 386 g/mol. The third-order valence-corrected chi connectivity index (χ3v) is 4.95. The standard InChI is InChI=1S/C18H16ClN5O2S/c1-27(25,26)23-17-21-18-20-15(12-7-3-2-4-8-12)11-16(24(18)22-17)13-9-5-6-10-14(13)19/h2-11,16H,1H3,(H2,20,21,22,23)/t16-/m0/s1. The smallest absolute Gasteiger partial charge is 0.257 e. The van der Waals surface area contributed by atoms with E-state index in [2.05, 4.69) is 20.1 Å². The molecule has 3 aromatic rings. The molecule has 1 aromatic heterocycles. The average molecular weight is 402 g/mol. The van der Waals surface area contributed by atoms with Crippen LogP contribution in [0.1, 0.15) is 17.2 Å². The first-order valence-electron chi connectivity index (χ1n) is 8.14. The van der Waals surface area contributed by atoms with Gasteiger partial charge < -0.3 is 5.32 Å². The maximum absolute atomic E-state index is 11.6. The van der Waals surface area contributed by atoms with Crippen molar-refractivity contribution in [2.45, 2.75) is 6.04 Å². The topological polar surface area (TPSA) is 88.9 Å². The summed E-state index contributed by atoms with van der Waals surface area (Å²) < 4.78 is 27.0. The summed E-state index contributed by atoms with van der Waals surface area (Å²) in [5.41, 5.74) is 2.65. The van der Waals surface area contributed by atoms with Crippen LogP contribution >= 0.6 is 11.6 Å². The molecule has 0 radical (unpaired) electrons. The molecule has 1 atom stereocenters. The summed E-state index contributed by atoms with van der Waals surface area (Å²) in [7, 11) is -3.49. The lowest BCUT2D eigenvalue weighted by atomic mass is 10.0. The van der Waals surface area contributed by atoms with Crippen LogP contribution in [0.2, 0.25) is 5.02 Å². The van der Waals surface area contributed by atoms with E-state index in [0.29, 0.717) is 11.0 Å². The molecule has 0 saturated heterocycles. The molecule has 0 bridgehead atoms. The van der Waals surface area contributed by atoms with Crippen LogP contribution in [0.3, 0.4) is 0 Å². The molecule has 1 aliphatic heterocycles. The van der Waals surface area contributed by atoms with Crippen LogP contribution in [0.25, 0.3) is 5.70 Å². The number of allylic oxidation sites excluding steroid dienone is 1. The van der Waals surface area contributed by atoms with E-state index in [1.165, 1.54) is 0 Å². The molecule has 138 valence electrons. The van der Waals surface area contributed by atoms with Crippen LogP contribution in [-0.4, -0.2) is 29.4 Å². The van der Waals surface area contributed by atoms with Crippen molar-refractivity contribution in [2.75, 3.05) is 16.3 Å². The van der Waals surface area contributed by atoms with Crippen molar-refractivity contribution < 1.29 is 8.42 Å². The highest BCUT2D eigenvalue weighted by Crippen LogP contribution is 2.35. The second-order valence-electron chi connectivity index (χ2n) is 6.12. The SMILES string of the molecule is CS(=O)(=O)Nc1nc2n(n1)[C@H](c1ccccc1Cl)C=C(c1ccccc1)N2. The molecule has 7 nitrogen and oxygen atoms in total. The maximum Gasteiger partial charge on any atom is 0.257 e. The summed E-state index contributed by atoms with van der Waals surface area (Å²) in [4.78, 5) is 4.28. The zero-order valence-corrected chi connectivity index (χ0v) is 15.9. The van der Waals surface area contributed by atoms with Gasteiger partial charge in [0.15, 0.2) is 0 Å². The number of aromatic nitrogens is 3. The number of rotatable bonds is 4. The maximum atomic E-state index is 11.6. The molecule has 0 saturated carbocycles. The van der Waals surface area contributed by atoms with Gasteiger partial charge in [-0.05, 0) is 23.3 Å². The van der Waals surface area contributed by atoms with E-state index in [0.717, 1.165) is 23.1 Å². The lowest BCUT2D eigenvalue weighted by Gasteiger charge is -2.24. The van der Waals surface area contributed by atoms with E-state index in [1.54, 1.807) is 10.7 Å². The van der Waals surface area contributed by atoms with Gasteiger partial charge in [0.1, 0.15) is 6.04 Å². The van der Waals surface area contributed by atoms with Gasteiger partial charge in [0, 0.05) is 10.7 Å². The summed E-state index contributed by atoms with van der Waals surface area (Å²) in [6.45, 7) is 0. The quantitative estimate of drug-likeness (QED) is 0.699. The molecule has 9 heteroatoms. The van der Waals surface area contributed by atoms with Crippen molar-refractivity contribution in [3.05, 3.63) is 76.8 Å². The van der Waals surface area contributed by atoms with Crippen LogP contribution in [0.15, 0.2) is 60.7 Å². The minimum absolute atomic E-state index is 0.000217. The van der Waals surface area contributed by atoms with Gasteiger partial charge >= 0.3 is 0 Å². The predicted molar refractivity (Wildman–Crippen MR) is 106 cm³/mol. The van der Waals surface area contributed by atoms with E-state index >= 15 is 0 Å². The van der Waals surface area contributed by atoms with Crippen LogP contribution in [0.5, 0.6) is 0 Å². The van der Waals surface area contributed by atoms with Crippen molar-refractivity contribution >= 4 is 39.2 Å². The second-order valence-corrected chi connectivity index (χ2v) is 8.27. The van der Waals surface area contributed by atoms with Gasteiger partial charge in [0.2, 0.25) is 16.0 Å². The van der Waals surface area contributed by atoms with Crippen LogP contribution in [-0.2, 0) is 10.0 Å². The number of anilines is 2. The fraction of sp³-hybridized carbons (Fsp3) is 0.111. The van der Waals surface area contributed by atoms with Gasteiger partial charge in [-0.2, -0.15) is 4.98 Å². The monoisotopic (exact) mass is 401 g/mol. The van der Waals surface area contributed by atoms with E-state index in [1.807, 2.05) is 54.6 Å². The number of hydrogen-bond acceptors (Lipinski definition) is 5. The molecule has 0 fully saturated rings. The Labute approximate surface area is 161 Å². The number of hydrogen-bond donors (Lipinski definition) is 2. The highest BCUT2D eigenvalue weighted by molar-refractivity contribution is 7.91. The fourth-order valence-corrected chi connectivity index (χ4v) is 3.59. The molecule has 2 N–H and O–H groups in total. The lowest BCUT2D eigenvalue weighted by Crippen LogP contribution is -2.20. The Bertz CT molecular complexity index is 1130. The van der Waals surface area contributed by atoms with E-state index in [9.17, 15) is 8.42 Å². The Hall–Kier alpha value is -2.84. The van der Waals surface area contributed by atoms with E-state index < -0.39 is 10.0 Å². The van der Waals surface area contributed by atoms with Crippen molar-refractivity contribution in [1.29, 1.82) is 0 Å². The van der Waals surface area contributed by atoms with Gasteiger partial charge in [-0.25, -0.2) is 13.1 Å². The van der Waals surface area contributed by atoms with Crippen molar-refractivity contribution in [3.63, 3.8) is 0 Å². The largest absolute Gasteiger partial charge is 0.324 e. The summed E-state index contributed by atoms with van der Waals surface area (Å²) in [5.74, 6) is 0.423. The summed E-state index contributed by atoms with van der Waals surface area (Å²) in [6, 6.07) is 16.9. The number of nitrogens with one attached hydrogen (secondary N) is 2.